The topological polar surface area (TPSA) is 63.2 Å². The van der Waals surface area contributed by atoms with E-state index in [4.69, 9.17) is 0 Å². The van der Waals surface area contributed by atoms with Crippen LogP contribution in [0, 0.1) is 6.92 Å². The van der Waals surface area contributed by atoms with E-state index in [0.717, 1.165) is 26.2 Å². The molecule has 0 spiro atoms. The van der Waals surface area contributed by atoms with Gasteiger partial charge < -0.3 is 0 Å². The van der Waals surface area contributed by atoms with Crippen molar-refractivity contribution < 1.29 is 8.42 Å². The third-order valence-corrected chi connectivity index (χ3v) is 7.85. The number of nitrogens with zero attached hydrogens (tertiary/aromatic N) is 3. The quantitative estimate of drug-likeness (QED) is 0.507. The van der Waals surface area contributed by atoms with E-state index in [-0.39, 0.29) is 10.9 Å². The summed E-state index contributed by atoms with van der Waals surface area (Å²) >= 11 is 1.52. The van der Waals surface area contributed by atoms with E-state index >= 15 is 0 Å². The van der Waals surface area contributed by atoms with Crippen molar-refractivity contribution in [1.29, 1.82) is 0 Å². The Morgan fingerprint density at radius 3 is 2.67 bits per heavy atom. The summed E-state index contributed by atoms with van der Waals surface area (Å²) in [6, 6.07) is 14.6. The van der Waals surface area contributed by atoms with Crippen molar-refractivity contribution in [3.63, 3.8) is 0 Å². The van der Waals surface area contributed by atoms with Crippen molar-refractivity contribution in [1.82, 2.24) is 14.3 Å². The first-order valence-electron chi connectivity index (χ1n) is 8.57. The van der Waals surface area contributed by atoms with E-state index < -0.39 is 10.0 Å². The number of para-hydroxylation sites is 2. The normalized spacial score (nSPS) is 13.5. The minimum atomic E-state index is -3.73. The summed E-state index contributed by atoms with van der Waals surface area (Å²) in [6.45, 7) is 3.80. The largest absolute Gasteiger partial charge is 0.255 e. The zero-order valence-electron chi connectivity index (χ0n) is 15.2. The van der Waals surface area contributed by atoms with Gasteiger partial charge in [-0.2, -0.15) is 4.31 Å². The first kappa shape index (κ1) is 18.0. The van der Waals surface area contributed by atoms with Gasteiger partial charge in [0.1, 0.15) is 9.90 Å². The second kappa shape index (κ2) is 6.67. The van der Waals surface area contributed by atoms with Crippen LogP contribution in [0.1, 0.15) is 23.5 Å². The molecule has 4 aromatic rings. The van der Waals surface area contributed by atoms with Gasteiger partial charge in [-0.15, -0.1) is 11.3 Å². The second-order valence-corrected chi connectivity index (χ2v) is 9.59. The molecule has 4 rings (SSSR count). The maximum Gasteiger partial charge on any atom is 0.245 e. The van der Waals surface area contributed by atoms with Crippen molar-refractivity contribution in [2.75, 3.05) is 7.05 Å². The van der Waals surface area contributed by atoms with Gasteiger partial charge >= 0.3 is 0 Å². The van der Waals surface area contributed by atoms with E-state index in [9.17, 15) is 8.42 Å². The molecule has 0 fully saturated rings. The maximum atomic E-state index is 13.3. The molecule has 0 aliphatic rings. The van der Waals surface area contributed by atoms with Crippen molar-refractivity contribution in [2.45, 2.75) is 24.8 Å². The highest BCUT2D eigenvalue weighted by Gasteiger charge is 2.30. The molecule has 2 aromatic heterocycles. The van der Waals surface area contributed by atoms with Crippen molar-refractivity contribution in [3.8, 4) is 0 Å². The molecule has 138 valence electrons. The van der Waals surface area contributed by atoms with Crippen molar-refractivity contribution in [3.05, 3.63) is 65.3 Å². The van der Waals surface area contributed by atoms with Crippen LogP contribution in [0.15, 0.2) is 59.6 Å². The fourth-order valence-electron chi connectivity index (χ4n) is 3.04. The Kier molecular flexibility index (Phi) is 4.46. The number of pyridine rings is 1. The van der Waals surface area contributed by atoms with Crippen LogP contribution in [0.4, 0.5) is 0 Å². The zero-order valence-corrected chi connectivity index (χ0v) is 16.9. The molecule has 2 aromatic carbocycles. The molecule has 0 saturated heterocycles. The summed E-state index contributed by atoms with van der Waals surface area (Å²) in [6.07, 6.45) is 1.69. The van der Waals surface area contributed by atoms with Crippen LogP contribution < -0.4 is 0 Å². The molecule has 0 aliphatic heterocycles. The average Bonchev–Trinajstić information content (AvgIpc) is 3.10. The standard InChI is InChI=1S/C20H19N3O2S2/c1-13-11-15-7-6-10-18(19(15)21-12-13)27(24,25)23(3)14(2)20-22-16-8-4-5-9-17(16)26-20/h4-12,14H,1-3H3. The van der Waals surface area contributed by atoms with Gasteiger partial charge in [0.25, 0.3) is 0 Å². The lowest BCUT2D eigenvalue weighted by atomic mass is 10.2. The van der Waals surface area contributed by atoms with Crippen LogP contribution in [0.3, 0.4) is 0 Å². The van der Waals surface area contributed by atoms with Gasteiger partial charge in [0.15, 0.2) is 0 Å². The number of benzene rings is 2. The fraction of sp³-hybridized carbons (Fsp3) is 0.200. The summed E-state index contributed by atoms with van der Waals surface area (Å²) < 4.78 is 29.1. The van der Waals surface area contributed by atoms with Crippen LogP contribution in [-0.4, -0.2) is 29.7 Å². The molecule has 0 amide bonds. The molecule has 1 unspecified atom stereocenters. The monoisotopic (exact) mass is 397 g/mol. The summed E-state index contributed by atoms with van der Waals surface area (Å²) in [4.78, 5) is 9.21. The Hall–Kier alpha value is -2.35. The van der Waals surface area contributed by atoms with Crippen LogP contribution in [-0.2, 0) is 10.0 Å². The van der Waals surface area contributed by atoms with Crippen LogP contribution in [0.2, 0.25) is 0 Å². The van der Waals surface area contributed by atoms with Gasteiger partial charge in [-0.25, -0.2) is 13.4 Å². The maximum absolute atomic E-state index is 13.3. The predicted octanol–water partition coefficient (Wildman–Crippen LogP) is 4.53. The van der Waals surface area contributed by atoms with E-state index in [2.05, 4.69) is 9.97 Å². The third kappa shape index (κ3) is 3.12. The highest BCUT2D eigenvalue weighted by molar-refractivity contribution is 7.89. The molecule has 2 heterocycles. The van der Waals surface area contributed by atoms with Gasteiger partial charge in [-0.1, -0.05) is 24.3 Å². The number of hydrogen-bond acceptors (Lipinski definition) is 5. The van der Waals surface area contributed by atoms with Gasteiger partial charge in [-0.3, -0.25) is 4.98 Å². The first-order chi connectivity index (χ1) is 12.9. The Bertz CT molecular complexity index is 1220. The van der Waals surface area contributed by atoms with E-state index in [1.165, 1.54) is 15.6 Å². The summed E-state index contributed by atoms with van der Waals surface area (Å²) in [7, 11) is -2.13. The number of rotatable bonds is 4. The Balaban J connectivity index is 1.77. The minimum absolute atomic E-state index is 0.218. The fourth-order valence-corrected chi connectivity index (χ4v) is 5.66. The highest BCUT2D eigenvalue weighted by Crippen LogP contribution is 2.33. The molecule has 1 atom stereocenters. The molecule has 27 heavy (non-hydrogen) atoms. The lowest BCUT2D eigenvalue weighted by Gasteiger charge is -2.23. The summed E-state index contributed by atoms with van der Waals surface area (Å²) in [5.41, 5.74) is 2.37. The Morgan fingerprint density at radius 2 is 1.89 bits per heavy atom. The predicted molar refractivity (Wildman–Crippen MR) is 109 cm³/mol. The molecule has 0 radical (unpaired) electrons. The smallest absolute Gasteiger partial charge is 0.245 e. The van der Waals surface area contributed by atoms with Crippen molar-refractivity contribution in [2.24, 2.45) is 0 Å². The average molecular weight is 398 g/mol. The molecule has 5 nitrogen and oxygen atoms in total. The molecule has 7 heteroatoms. The van der Waals surface area contributed by atoms with Gasteiger partial charge in [0.2, 0.25) is 10.0 Å². The molecule has 0 bridgehead atoms. The van der Waals surface area contributed by atoms with Crippen LogP contribution in [0.5, 0.6) is 0 Å². The number of hydrogen-bond donors (Lipinski definition) is 0. The molecule has 0 saturated carbocycles. The number of fused-ring (bicyclic) bond motifs is 2. The number of aryl methyl sites for hydroxylation is 1. The molecular formula is C20H19N3O2S2. The highest BCUT2D eigenvalue weighted by atomic mass is 32.2. The van der Waals surface area contributed by atoms with Gasteiger partial charge in [0, 0.05) is 18.6 Å². The molecule has 0 N–H and O–H groups in total. The minimum Gasteiger partial charge on any atom is -0.255 e. The number of thiazole rings is 1. The number of sulfonamides is 1. The summed E-state index contributed by atoms with van der Waals surface area (Å²) in [5.74, 6) is 0. The van der Waals surface area contributed by atoms with E-state index in [0.29, 0.717) is 5.52 Å². The van der Waals surface area contributed by atoms with Crippen molar-refractivity contribution >= 4 is 42.5 Å². The SMILES string of the molecule is Cc1cnc2c(S(=O)(=O)N(C)C(C)c3nc4ccccc4s3)cccc2c1. The molecule has 0 aliphatic carbocycles. The Labute approximate surface area is 162 Å². The lowest BCUT2D eigenvalue weighted by Crippen LogP contribution is -2.30. The van der Waals surface area contributed by atoms with Crippen LogP contribution in [0.25, 0.3) is 21.1 Å². The van der Waals surface area contributed by atoms with E-state index in [1.807, 2.05) is 50.2 Å². The number of aromatic nitrogens is 2. The summed E-state index contributed by atoms with van der Waals surface area (Å²) in [5, 5.41) is 1.59. The molecular weight excluding hydrogens is 378 g/mol. The van der Waals surface area contributed by atoms with Gasteiger partial charge in [-0.05, 0) is 43.7 Å². The lowest BCUT2D eigenvalue weighted by molar-refractivity contribution is 0.398. The first-order valence-corrected chi connectivity index (χ1v) is 10.8. The zero-order chi connectivity index (χ0) is 19.2. The second-order valence-electron chi connectivity index (χ2n) is 6.56. The van der Waals surface area contributed by atoms with Gasteiger partial charge in [0.05, 0.1) is 21.8 Å². The third-order valence-electron chi connectivity index (χ3n) is 4.68. The van der Waals surface area contributed by atoms with E-state index in [1.54, 1.807) is 25.4 Å². The van der Waals surface area contributed by atoms with Crippen LogP contribution >= 0.6 is 11.3 Å². The Morgan fingerprint density at radius 1 is 1.11 bits per heavy atom.